The number of nitrogens with one attached hydrogen (secondary N) is 1. The normalized spacial score (nSPS) is 12.4. The van der Waals surface area contributed by atoms with Gasteiger partial charge in [0, 0.05) is 11.9 Å². The van der Waals surface area contributed by atoms with Crippen LogP contribution in [0.3, 0.4) is 0 Å². The number of carbonyl (C=O) groups excluding carboxylic acids is 1. The van der Waals surface area contributed by atoms with Gasteiger partial charge < -0.3 is 5.32 Å². The molecule has 1 amide bonds. The van der Waals surface area contributed by atoms with Gasteiger partial charge in [0.25, 0.3) is 5.91 Å². The predicted octanol–water partition coefficient (Wildman–Crippen LogP) is 4.11. The Balaban J connectivity index is 1.74. The van der Waals surface area contributed by atoms with E-state index in [9.17, 15) is 4.79 Å². The van der Waals surface area contributed by atoms with E-state index >= 15 is 0 Å². The molecule has 2 heterocycles. The second-order valence-corrected chi connectivity index (χ2v) is 6.67. The van der Waals surface area contributed by atoms with Crippen LogP contribution in [0.5, 0.6) is 0 Å². The Kier molecular flexibility index (Phi) is 5.79. The number of hydrogen-bond donors (Lipinski definition) is 1. The number of aromatic nitrogens is 1. The molecule has 0 bridgehead atoms. The minimum absolute atomic E-state index is 0.127. The zero-order valence-corrected chi connectivity index (χ0v) is 15.4. The summed E-state index contributed by atoms with van der Waals surface area (Å²) in [7, 11) is 0. The van der Waals surface area contributed by atoms with Gasteiger partial charge in [-0.05, 0) is 47.6 Å². The highest BCUT2D eigenvalue weighted by Crippen LogP contribution is 2.22. The van der Waals surface area contributed by atoms with Crippen LogP contribution in [-0.4, -0.2) is 35.4 Å². The average Bonchev–Trinajstić information content (AvgIpc) is 3.18. The number of likely N-dealkylation sites (N-methyl/N-ethyl adjacent to an activating group) is 1. The van der Waals surface area contributed by atoms with E-state index < -0.39 is 0 Å². The van der Waals surface area contributed by atoms with Crippen molar-refractivity contribution in [1.29, 1.82) is 0 Å². The second kappa shape index (κ2) is 8.23. The minimum atomic E-state index is -0.127. The van der Waals surface area contributed by atoms with E-state index in [-0.39, 0.29) is 11.9 Å². The number of para-hydroxylation sites is 1. The fraction of sp³-hybridized carbons (Fsp3) is 0.300. The van der Waals surface area contributed by atoms with E-state index in [0.29, 0.717) is 12.2 Å². The Hall–Kier alpha value is -2.24. The van der Waals surface area contributed by atoms with Crippen molar-refractivity contribution >= 4 is 28.1 Å². The highest BCUT2D eigenvalue weighted by atomic mass is 32.1. The molecule has 25 heavy (non-hydrogen) atoms. The molecule has 0 aliphatic rings. The molecular formula is C20H23N3OS. The van der Waals surface area contributed by atoms with Gasteiger partial charge in [-0.15, -0.1) is 0 Å². The molecule has 3 aromatic rings. The summed E-state index contributed by atoms with van der Waals surface area (Å²) in [5.74, 6) is -0.127. The molecule has 0 spiro atoms. The van der Waals surface area contributed by atoms with Gasteiger partial charge in [-0.3, -0.25) is 9.69 Å². The van der Waals surface area contributed by atoms with E-state index in [4.69, 9.17) is 0 Å². The number of benzene rings is 1. The lowest BCUT2D eigenvalue weighted by Gasteiger charge is -2.29. The number of amides is 1. The van der Waals surface area contributed by atoms with Gasteiger partial charge in [0.05, 0.1) is 11.6 Å². The summed E-state index contributed by atoms with van der Waals surface area (Å²) >= 11 is 1.69. The summed E-state index contributed by atoms with van der Waals surface area (Å²) in [5, 5.41) is 8.34. The maximum Gasteiger partial charge on any atom is 0.269 e. The summed E-state index contributed by atoms with van der Waals surface area (Å²) in [6.45, 7) is 6.76. The van der Waals surface area contributed by atoms with Gasteiger partial charge in [-0.25, -0.2) is 4.98 Å². The first-order chi connectivity index (χ1) is 12.2. The van der Waals surface area contributed by atoms with Gasteiger partial charge in [0.15, 0.2) is 0 Å². The molecule has 2 aromatic heterocycles. The molecule has 4 nitrogen and oxygen atoms in total. The van der Waals surface area contributed by atoms with Gasteiger partial charge >= 0.3 is 0 Å². The highest BCUT2D eigenvalue weighted by Gasteiger charge is 2.20. The van der Waals surface area contributed by atoms with Crippen LogP contribution in [0.25, 0.3) is 10.9 Å². The molecule has 3 rings (SSSR count). The molecule has 1 N–H and O–H groups in total. The molecule has 1 aromatic carbocycles. The van der Waals surface area contributed by atoms with Gasteiger partial charge in [-0.2, -0.15) is 11.3 Å². The van der Waals surface area contributed by atoms with Crippen molar-refractivity contribution in [3.05, 3.63) is 64.5 Å². The first-order valence-corrected chi connectivity index (χ1v) is 9.57. The van der Waals surface area contributed by atoms with Crippen molar-refractivity contribution < 1.29 is 4.79 Å². The SMILES string of the molecule is CCN(CC)C(CNC(=O)c1ccc2ccccc2n1)c1ccsc1. The molecule has 0 aliphatic carbocycles. The second-order valence-electron chi connectivity index (χ2n) is 5.89. The van der Waals surface area contributed by atoms with Crippen molar-refractivity contribution in [1.82, 2.24) is 15.2 Å². The Bertz CT molecular complexity index is 828. The van der Waals surface area contributed by atoms with E-state index in [2.05, 4.69) is 45.9 Å². The maximum atomic E-state index is 12.6. The fourth-order valence-corrected chi connectivity index (χ4v) is 3.77. The number of hydrogen-bond acceptors (Lipinski definition) is 4. The largest absolute Gasteiger partial charge is 0.349 e. The van der Waals surface area contributed by atoms with E-state index in [1.54, 1.807) is 17.4 Å². The number of carbonyl (C=O) groups is 1. The summed E-state index contributed by atoms with van der Waals surface area (Å²) in [6.07, 6.45) is 0. The lowest BCUT2D eigenvalue weighted by atomic mass is 10.1. The van der Waals surface area contributed by atoms with Crippen LogP contribution in [-0.2, 0) is 0 Å². The van der Waals surface area contributed by atoms with Crippen molar-refractivity contribution in [3.8, 4) is 0 Å². The fourth-order valence-electron chi connectivity index (χ4n) is 3.06. The van der Waals surface area contributed by atoms with Crippen molar-refractivity contribution in [3.63, 3.8) is 0 Å². The highest BCUT2D eigenvalue weighted by molar-refractivity contribution is 7.07. The van der Waals surface area contributed by atoms with Crippen LogP contribution in [0.15, 0.2) is 53.2 Å². The lowest BCUT2D eigenvalue weighted by Crippen LogP contribution is -2.38. The van der Waals surface area contributed by atoms with Crippen molar-refractivity contribution in [2.24, 2.45) is 0 Å². The smallest absolute Gasteiger partial charge is 0.269 e. The number of rotatable bonds is 7. The lowest BCUT2D eigenvalue weighted by molar-refractivity contribution is 0.0930. The van der Waals surface area contributed by atoms with Gasteiger partial charge in [0.2, 0.25) is 0 Å². The summed E-state index contributed by atoms with van der Waals surface area (Å²) < 4.78 is 0. The van der Waals surface area contributed by atoms with Gasteiger partial charge in [0.1, 0.15) is 5.69 Å². The van der Waals surface area contributed by atoms with Crippen LogP contribution < -0.4 is 5.32 Å². The third-order valence-electron chi connectivity index (χ3n) is 4.47. The molecule has 1 unspecified atom stereocenters. The molecule has 1 atom stereocenters. The van der Waals surface area contributed by atoms with Crippen LogP contribution in [0.4, 0.5) is 0 Å². The van der Waals surface area contributed by atoms with Crippen molar-refractivity contribution in [2.45, 2.75) is 19.9 Å². The number of thiophene rings is 1. The van der Waals surface area contributed by atoms with Crippen LogP contribution in [0.2, 0.25) is 0 Å². The summed E-state index contributed by atoms with van der Waals surface area (Å²) in [6, 6.07) is 13.9. The Morgan fingerprint density at radius 3 is 2.68 bits per heavy atom. The first-order valence-electron chi connectivity index (χ1n) is 8.63. The standard InChI is InChI=1S/C20H23N3OS/c1-3-23(4-2)19(16-11-12-25-14-16)13-21-20(24)18-10-9-15-7-5-6-8-17(15)22-18/h5-12,14,19H,3-4,13H2,1-2H3,(H,21,24). The maximum absolute atomic E-state index is 12.6. The Morgan fingerprint density at radius 1 is 1.16 bits per heavy atom. The minimum Gasteiger partial charge on any atom is -0.349 e. The quantitative estimate of drug-likeness (QED) is 0.695. The third kappa shape index (κ3) is 4.06. The van der Waals surface area contributed by atoms with Crippen LogP contribution >= 0.6 is 11.3 Å². The molecule has 0 saturated heterocycles. The zero-order valence-electron chi connectivity index (χ0n) is 14.6. The Morgan fingerprint density at radius 2 is 1.96 bits per heavy atom. The summed E-state index contributed by atoms with van der Waals surface area (Å²) in [4.78, 5) is 19.4. The molecule has 130 valence electrons. The van der Waals surface area contributed by atoms with Crippen LogP contribution in [0.1, 0.15) is 35.9 Å². The molecule has 5 heteroatoms. The van der Waals surface area contributed by atoms with E-state index in [1.165, 1.54) is 5.56 Å². The monoisotopic (exact) mass is 353 g/mol. The average molecular weight is 353 g/mol. The molecular weight excluding hydrogens is 330 g/mol. The third-order valence-corrected chi connectivity index (χ3v) is 5.17. The van der Waals surface area contributed by atoms with E-state index in [0.717, 1.165) is 24.0 Å². The number of nitrogens with zero attached hydrogens (tertiary/aromatic N) is 2. The van der Waals surface area contributed by atoms with Crippen LogP contribution in [0, 0.1) is 0 Å². The molecule has 0 radical (unpaired) electrons. The zero-order chi connectivity index (χ0) is 17.6. The Labute approximate surface area is 152 Å². The van der Waals surface area contributed by atoms with Gasteiger partial charge in [-0.1, -0.05) is 38.1 Å². The molecule has 0 fully saturated rings. The molecule has 0 saturated carbocycles. The van der Waals surface area contributed by atoms with E-state index in [1.807, 2.05) is 30.3 Å². The summed E-state index contributed by atoms with van der Waals surface area (Å²) in [5.41, 5.74) is 2.55. The first kappa shape index (κ1) is 17.6. The predicted molar refractivity (Wildman–Crippen MR) is 104 cm³/mol. The number of fused-ring (bicyclic) bond motifs is 1. The molecule has 0 aliphatic heterocycles. The number of pyridine rings is 1. The van der Waals surface area contributed by atoms with Crippen molar-refractivity contribution in [2.75, 3.05) is 19.6 Å². The topological polar surface area (TPSA) is 45.2 Å².